The van der Waals surface area contributed by atoms with E-state index in [4.69, 9.17) is 17.5 Å². The Hall–Kier alpha value is -4.25. The summed E-state index contributed by atoms with van der Waals surface area (Å²) in [5.74, 6) is -2.94. The maximum absolute atomic E-state index is 14.8. The Morgan fingerprint density at radius 3 is 2.32 bits per heavy atom. The Kier molecular flexibility index (Phi) is 7.40. The van der Waals surface area contributed by atoms with Gasteiger partial charge in [0.2, 0.25) is 6.79 Å². The van der Waals surface area contributed by atoms with Crippen LogP contribution in [0.4, 0.5) is 33.7 Å². The van der Waals surface area contributed by atoms with Crippen molar-refractivity contribution in [1.82, 2.24) is 0 Å². The van der Waals surface area contributed by atoms with E-state index in [-0.39, 0.29) is 16.5 Å². The molecule has 14 heteroatoms. The van der Waals surface area contributed by atoms with Crippen molar-refractivity contribution in [3.8, 4) is 6.07 Å². The molecule has 2 aromatic rings. The highest BCUT2D eigenvalue weighted by molar-refractivity contribution is 7.81. The molecule has 0 saturated carbocycles. The van der Waals surface area contributed by atoms with Crippen LogP contribution in [0.1, 0.15) is 35.3 Å². The highest BCUT2D eigenvalue weighted by Crippen LogP contribution is 2.39. The largest absolute Gasteiger partial charge is 0.510 e. The summed E-state index contributed by atoms with van der Waals surface area (Å²) in [5, 5.41) is 8.77. The summed E-state index contributed by atoms with van der Waals surface area (Å²) in [7, 11) is 1.04. The number of halogens is 4. The fourth-order valence-electron chi connectivity index (χ4n) is 3.54. The molecular weight excluding hydrogens is 522 g/mol. The van der Waals surface area contributed by atoms with Crippen molar-refractivity contribution in [2.75, 3.05) is 23.7 Å². The fraction of sp³-hybridized carbons (Fsp3) is 0.261. The summed E-state index contributed by atoms with van der Waals surface area (Å²) < 4.78 is 68.4. The molecular formula is C23H17F4N3O6S. The van der Waals surface area contributed by atoms with Crippen LogP contribution in [0.3, 0.4) is 0 Å². The van der Waals surface area contributed by atoms with Gasteiger partial charge in [-0.1, -0.05) is 0 Å². The molecule has 0 spiro atoms. The number of carbonyl (C=O) groups excluding carboxylic acids is 3. The Morgan fingerprint density at radius 1 is 1.11 bits per heavy atom. The average Bonchev–Trinajstić information content (AvgIpc) is 3.01. The number of rotatable bonds is 5. The lowest BCUT2D eigenvalue weighted by Gasteiger charge is -2.29. The number of thiocarbonyl (C=S) groups is 1. The van der Waals surface area contributed by atoms with Crippen molar-refractivity contribution in [3.05, 3.63) is 58.9 Å². The van der Waals surface area contributed by atoms with Crippen LogP contribution in [0.5, 0.6) is 0 Å². The molecule has 9 nitrogen and oxygen atoms in total. The van der Waals surface area contributed by atoms with Gasteiger partial charge in [0, 0.05) is 5.69 Å². The van der Waals surface area contributed by atoms with Crippen LogP contribution >= 0.6 is 12.2 Å². The van der Waals surface area contributed by atoms with Gasteiger partial charge in [0.25, 0.3) is 5.91 Å². The van der Waals surface area contributed by atoms with E-state index in [9.17, 15) is 31.9 Å². The number of carbonyl (C=O) groups is 3. The van der Waals surface area contributed by atoms with Gasteiger partial charge in [-0.15, -0.1) is 0 Å². The van der Waals surface area contributed by atoms with E-state index in [0.29, 0.717) is 6.07 Å². The normalized spacial score (nSPS) is 14.9. The molecule has 1 aliphatic heterocycles. The van der Waals surface area contributed by atoms with Gasteiger partial charge in [0.15, 0.2) is 5.11 Å². The second-order valence-corrected chi connectivity index (χ2v) is 8.33. The summed E-state index contributed by atoms with van der Waals surface area (Å²) in [6, 6.07) is 7.36. The van der Waals surface area contributed by atoms with Crippen molar-refractivity contribution < 1.29 is 46.2 Å². The van der Waals surface area contributed by atoms with E-state index >= 15 is 0 Å². The Bertz CT molecular complexity index is 1340. The number of nitriles is 1. The van der Waals surface area contributed by atoms with Crippen molar-refractivity contribution in [1.29, 1.82) is 5.26 Å². The first-order valence-corrected chi connectivity index (χ1v) is 10.6. The van der Waals surface area contributed by atoms with E-state index in [0.717, 1.165) is 36.3 Å². The van der Waals surface area contributed by atoms with Gasteiger partial charge in [-0.05, 0) is 62.5 Å². The average molecular weight is 539 g/mol. The van der Waals surface area contributed by atoms with E-state index in [1.165, 1.54) is 30.9 Å². The van der Waals surface area contributed by atoms with Crippen LogP contribution in [0, 0.1) is 17.1 Å². The highest BCUT2D eigenvalue weighted by atomic mass is 32.1. The summed E-state index contributed by atoms with van der Waals surface area (Å²) >= 11 is 5.38. The van der Waals surface area contributed by atoms with Crippen molar-refractivity contribution in [3.63, 3.8) is 0 Å². The van der Waals surface area contributed by atoms with E-state index in [2.05, 4.69) is 14.2 Å². The molecule has 1 fully saturated rings. The number of nitrogens with zero attached hydrogens (tertiary/aromatic N) is 3. The second kappa shape index (κ2) is 10.0. The number of benzene rings is 2. The molecule has 2 aromatic carbocycles. The SMILES string of the molecule is COC(=O)OCOC(=O)c1ccc(N2C(=S)N(c3ccc(C#N)c(C(F)(F)F)c3)C(=O)C2(C)C)cc1F. The van der Waals surface area contributed by atoms with Crippen LogP contribution in [0.2, 0.25) is 0 Å². The summed E-state index contributed by atoms with van der Waals surface area (Å²) in [6.07, 6.45) is -5.98. The molecule has 1 saturated heterocycles. The predicted molar refractivity (Wildman–Crippen MR) is 123 cm³/mol. The summed E-state index contributed by atoms with van der Waals surface area (Å²) in [6.45, 7) is 2.03. The summed E-state index contributed by atoms with van der Waals surface area (Å²) in [5.41, 5.74) is -4.08. The standard InChI is InChI=1S/C23H17F4N3O6S/c1-22(2)19(32)29(13-5-4-12(10-28)16(8-13)23(25,26)27)20(37)30(22)14-6-7-15(17(24)9-14)18(31)35-11-36-21(33)34-3/h4-9H,11H2,1-3H3. The monoisotopic (exact) mass is 539 g/mol. The van der Waals surface area contributed by atoms with Crippen molar-refractivity contribution in [2.45, 2.75) is 25.6 Å². The lowest BCUT2D eigenvalue weighted by Crippen LogP contribution is -2.44. The quantitative estimate of drug-likeness (QED) is 0.234. The van der Waals surface area contributed by atoms with Crippen LogP contribution in [-0.4, -0.2) is 42.6 Å². The van der Waals surface area contributed by atoms with Gasteiger partial charge >= 0.3 is 18.3 Å². The molecule has 0 aliphatic carbocycles. The van der Waals surface area contributed by atoms with E-state index in [1.54, 1.807) is 0 Å². The number of alkyl halides is 3. The van der Waals surface area contributed by atoms with Gasteiger partial charge in [0.1, 0.15) is 11.4 Å². The molecule has 1 heterocycles. The molecule has 0 bridgehead atoms. The molecule has 0 aromatic heterocycles. The lowest BCUT2D eigenvalue weighted by molar-refractivity contribution is -0.137. The van der Waals surface area contributed by atoms with E-state index < -0.39 is 59.0 Å². The van der Waals surface area contributed by atoms with Gasteiger partial charge in [0.05, 0.1) is 35.6 Å². The maximum Gasteiger partial charge on any atom is 0.510 e. The van der Waals surface area contributed by atoms with Crippen molar-refractivity contribution >= 4 is 46.7 Å². The number of ether oxygens (including phenoxy) is 3. The third-order valence-electron chi connectivity index (χ3n) is 5.32. The van der Waals surface area contributed by atoms with E-state index in [1.807, 2.05) is 0 Å². The Balaban J connectivity index is 1.93. The first-order valence-electron chi connectivity index (χ1n) is 10.2. The van der Waals surface area contributed by atoms with Crippen LogP contribution < -0.4 is 9.80 Å². The second-order valence-electron chi connectivity index (χ2n) is 7.97. The molecule has 0 radical (unpaired) electrons. The molecule has 3 rings (SSSR count). The number of hydrogen-bond acceptors (Lipinski definition) is 8. The van der Waals surface area contributed by atoms with Gasteiger partial charge in [-0.2, -0.15) is 18.4 Å². The zero-order chi connectivity index (χ0) is 27.7. The van der Waals surface area contributed by atoms with Gasteiger partial charge < -0.3 is 19.1 Å². The molecule has 37 heavy (non-hydrogen) atoms. The number of methoxy groups -OCH3 is 1. The summed E-state index contributed by atoms with van der Waals surface area (Å²) in [4.78, 5) is 38.3. The van der Waals surface area contributed by atoms with Gasteiger partial charge in [-0.25, -0.2) is 14.0 Å². The Labute approximate surface area is 212 Å². The van der Waals surface area contributed by atoms with Crippen LogP contribution in [0.25, 0.3) is 0 Å². The van der Waals surface area contributed by atoms with Crippen LogP contribution in [0.15, 0.2) is 36.4 Å². The first-order chi connectivity index (χ1) is 17.2. The van der Waals surface area contributed by atoms with Crippen molar-refractivity contribution in [2.24, 2.45) is 0 Å². The topological polar surface area (TPSA) is 109 Å². The predicted octanol–water partition coefficient (Wildman–Crippen LogP) is 4.53. The third-order valence-corrected chi connectivity index (χ3v) is 5.68. The minimum Gasteiger partial charge on any atom is -0.438 e. The first kappa shape index (κ1) is 27.3. The molecule has 0 unspecified atom stereocenters. The maximum atomic E-state index is 14.8. The lowest BCUT2D eigenvalue weighted by atomic mass is 10.0. The number of anilines is 2. The molecule has 0 atom stereocenters. The zero-order valence-corrected chi connectivity index (χ0v) is 20.2. The third kappa shape index (κ3) is 5.17. The number of amides is 1. The molecule has 0 N–H and O–H groups in total. The smallest absolute Gasteiger partial charge is 0.438 e. The van der Waals surface area contributed by atoms with Gasteiger partial charge in [-0.3, -0.25) is 9.69 Å². The highest BCUT2D eigenvalue weighted by Gasteiger charge is 2.51. The fourth-order valence-corrected chi connectivity index (χ4v) is 4.06. The minimum absolute atomic E-state index is 0.0235. The Morgan fingerprint density at radius 2 is 1.76 bits per heavy atom. The number of esters is 1. The number of hydrogen-bond donors (Lipinski definition) is 0. The minimum atomic E-state index is -4.86. The molecule has 1 aliphatic rings. The molecule has 194 valence electrons. The molecule has 1 amide bonds. The zero-order valence-electron chi connectivity index (χ0n) is 19.4. The van der Waals surface area contributed by atoms with Crippen LogP contribution in [-0.2, 0) is 25.2 Å².